The molecule has 0 saturated heterocycles. The fourth-order valence-corrected chi connectivity index (χ4v) is 3.95. The number of nitriles is 1. The molecule has 1 heterocycles. The Kier molecular flexibility index (Phi) is 4.11. The van der Waals surface area contributed by atoms with Gasteiger partial charge in [-0.2, -0.15) is 5.26 Å². The predicted molar refractivity (Wildman–Crippen MR) is 78.8 cm³/mol. The number of carbonyl (C=O) groups is 1. The lowest BCUT2D eigenvalue weighted by molar-refractivity contribution is 0.0697. The van der Waals surface area contributed by atoms with Crippen LogP contribution in [-0.2, 0) is 10.0 Å². The monoisotopic (exact) mass is 325 g/mol. The van der Waals surface area contributed by atoms with Crippen molar-refractivity contribution in [2.24, 2.45) is 0 Å². The maximum Gasteiger partial charge on any atom is 0.335 e. The molecule has 1 unspecified atom stereocenters. The maximum absolute atomic E-state index is 12.0. The number of carboxylic acid groups (broad SMARTS) is 1. The zero-order valence-corrected chi connectivity index (χ0v) is 12.5. The van der Waals surface area contributed by atoms with Gasteiger partial charge in [-0.05, 0) is 24.6 Å². The minimum Gasteiger partial charge on any atom is -0.478 e. The molecular formula is C12H11N3O4S2. The first kappa shape index (κ1) is 15.2. The summed E-state index contributed by atoms with van der Waals surface area (Å²) < 4.78 is 26.7. The molecule has 0 fully saturated rings. The number of thiazole rings is 1. The minimum atomic E-state index is -3.83. The van der Waals surface area contributed by atoms with Gasteiger partial charge >= 0.3 is 5.97 Å². The molecular weight excluding hydrogens is 314 g/mol. The van der Waals surface area contributed by atoms with Gasteiger partial charge in [-0.1, -0.05) is 18.3 Å². The molecule has 7 nitrogen and oxygen atoms in total. The van der Waals surface area contributed by atoms with Crippen molar-refractivity contribution in [1.29, 1.82) is 5.26 Å². The third kappa shape index (κ3) is 3.12. The number of carboxylic acids is 1. The van der Waals surface area contributed by atoms with Gasteiger partial charge in [0.25, 0.3) is 10.0 Å². The Labute approximate surface area is 124 Å². The van der Waals surface area contributed by atoms with Crippen LogP contribution in [0.4, 0.5) is 5.13 Å². The van der Waals surface area contributed by atoms with Crippen LogP contribution in [0.15, 0.2) is 18.2 Å². The molecule has 0 aliphatic rings. The highest BCUT2D eigenvalue weighted by atomic mass is 32.2. The van der Waals surface area contributed by atoms with Crippen molar-refractivity contribution in [3.8, 4) is 6.07 Å². The third-order valence-electron chi connectivity index (χ3n) is 2.75. The lowest BCUT2D eigenvalue weighted by Gasteiger charge is -2.07. The van der Waals surface area contributed by atoms with E-state index in [2.05, 4.69) is 9.71 Å². The molecule has 110 valence electrons. The van der Waals surface area contributed by atoms with Crippen molar-refractivity contribution in [3.63, 3.8) is 0 Å². The Morgan fingerprint density at radius 3 is 2.86 bits per heavy atom. The molecule has 2 rings (SSSR count). The molecule has 0 radical (unpaired) electrons. The number of nitrogens with zero attached hydrogens (tertiary/aromatic N) is 2. The van der Waals surface area contributed by atoms with E-state index in [1.165, 1.54) is 18.2 Å². The Hall–Kier alpha value is -2.18. The van der Waals surface area contributed by atoms with Gasteiger partial charge in [0.15, 0.2) is 10.4 Å². The largest absolute Gasteiger partial charge is 0.478 e. The summed E-state index contributed by atoms with van der Waals surface area (Å²) in [5.41, 5.74) is 0.594. The number of fused-ring (bicyclic) bond motifs is 1. The highest BCUT2D eigenvalue weighted by Gasteiger charge is 2.24. The van der Waals surface area contributed by atoms with Crippen LogP contribution in [0.25, 0.3) is 10.2 Å². The van der Waals surface area contributed by atoms with Crippen LogP contribution >= 0.6 is 11.3 Å². The first-order valence-electron chi connectivity index (χ1n) is 5.92. The average molecular weight is 325 g/mol. The lowest BCUT2D eigenvalue weighted by Crippen LogP contribution is -2.25. The van der Waals surface area contributed by atoms with Gasteiger partial charge < -0.3 is 5.11 Å². The number of rotatable bonds is 5. The Morgan fingerprint density at radius 2 is 2.29 bits per heavy atom. The third-order valence-corrected chi connectivity index (χ3v) is 5.48. The smallest absolute Gasteiger partial charge is 0.335 e. The van der Waals surface area contributed by atoms with E-state index in [0.29, 0.717) is 10.2 Å². The Balaban J connectivity index is 2.36. The van der Waals surface area contributed by atoms with E-state index in [1.54, 1.807) is 13.0 Å². The molecule has 9 heteroatoms. The number of hydrogen-bond acceptors (Lipinski definition) is 6. The Bertz CT molecular complexity index is 836. The van der Waals surface area contributed by atoms with Gasteiger partial charge in [-0.25, -0.2) is 18.2 Å². The second-order valence-electron chi connectivity index (χ2n) is 4.18. The first-order chi connectivity index (χ1) is 9.87. The van der Waals surface area contributed by atoms with Gasteiger partial charge in [0.1, 0.15) is 0 Å². The van der Waals surface area contributed by atoms with Crippen LogP contribution in [0.5, 0.6) is 0 Å². The zero-order chi connectivity index (χ0) is 15.6. The van der Waals surface area contributed by atoms with Gasteiger partial charge in [-0.15, -0.1) is 0 Å². The summed E-state index contributed by atoms with van der Waals surface area (Å²) in [6, 6.07) is 6.05. The van der Waals surface area contributed by atoms with Crippen LogP contribution in [-0.4, -0.2) is 29.7 Å². The molecule has 0 saturated carbocycles. The van der Waals surface area contributed by atoms with Crippen LogP contribution in [0.2, 0.25) is 0 Å². The molecule has 0 aliphatic carbocycles. The van der Waals surface area contributed by atoms with Crippen molar-refractivity contribution in [2.75, 3.05) is 4.72 Å². The number of sulfonamides is 1. The van der Waals surface area contributed by atoms with Gasteiger partial charge in [0.2, 0.25) is 0 Å². The second-order valence-corrected chi connectivity index (χ2v) is 7.07. The fourth-order valence-electron chi connectivity index (χ4n) is 1.67. The number of benzene rings is 1. The van der Waals surface area contributed by atoms with E-state index in [4.69, 9.17) is 10.4 Å². The summed E-state index contributed by atoms with van der Waals surface area (Å²) in [6.07, 6.45) is 0.167. The predicted octanol–water partition coefficient (Wildman–Crippen LogP) is 2.04. The second kappa shape index (κ2) is 5.67. The van der Waals surface area contributed by atoms with Crippen molar-refractivity contribution < 1.29 is 18.3 Å². The molecule has 1 atom stereocenters. The maximum atomic E-state index is 12.0. The van der Waals surface area contributed by atoms with E-state index in [-0.39, 0.29) is 17.1 Å². The van der Waals surface area contributed by atoms with Crippen molar-refractivity contribution >= 4 is 42.7 Å². The summed E-state index contributed by atoms with van der Waals surface area (Å²) in [7, 11) is -3.83. The molecule has 2 N–H and O–H groups in total. The SMILES string of the molecule is CCC(C#N)S(=O)(=O)Nc1nc2ccc(C(=O)O)cc2s1. The number of anilines is 1. The summed E-state index contributed by atoms with van der Waals surface area (Å²) in [5.74, 6) is -1.07. The zero-order valence-electron chi connectivity index (χ0n) is 10.9. The average Bonchev–Trinajstić information content (AvgIpc) is 2.79. The molecule has 2 aromatic rings. The summed E-state index contributed by atoms with van der Waals surface area (Å²) in [5, 5.41) is 16.7. The van der Waals surface area contributed by atoms with E-state index in [1.807, 2.05) is 0 Å². The van der Waals surface area contributed by atoms with E-state index < -0.39 is 21.2 Å². The minimum absolute atomic E-state index is 0.101. The molecule has 0 amide bonds. The summed E-state index contributed by atoms with van der Waals surface area (Å²) >= 11 is 1.02. The van der Waals surface area contributed by atoms with Gasteiger partial charge in [0.05, 0.1) is 21.8 Å². The molecule has 0 spiro atoms. The molecule has 21 heavy (non-hydrogen) atoms. The lowest BCUT2D eigenvalue weighted by atomic mass is 10.2. The number of nitrogens with one attached hydrogen (secondary N) is 1. The van der Waals surface area contributed by atoms with Crippen LogP contribution in [0.1, 0.15) is 23.7 Å². The quantitative estimate of drug-likeness (QED) is 0.868. The summed E-state index contributed by atoms with van der Waals surface area (Å²) in [4.78, 5) is 15.0. The van der Waals surface area contributed by atoms with Crippen molar-refractivity contribution in [1.82, 2.24) is 4.98 Å². The highest BCUT2D eigenvalue weighted by Crippen LogP contribution is 2.28. The number of aromatic carboxylic acids is 1. The topological polar surface area (TPSA) is 120 Å². The molecule has 0 bridgehead atoms. The Morgan fingerprint density at radius 1 is 1.57 bits per heavy atom. The summed E-state index contributed by atoms with van der Waals surface area (Å²) in [6.45, 7) is 1.60. The van der Waals surface area contributed by atoms with Crippen molar-refractivity contribution in [3.05, 3.63) is 23.8 Å². The van der Waals surface area contributed by atoms with E-state index in [9.17, 15) is 13.2 Å². The number of hydrogen-bond donors (Lipinski definition) is 2. The highest BCUT2D eigenvalue weighted by molar-refractivity contribution is 7.93. The standard InChI is InChI=1S/C12H11N3O4S2/c1-2-8(6-13)21(18,19)15-12-14-9-4-3-7(11(16)17)5-10(9)20-12/h3-5,8H,2H2,1H3,(H,14,15)(H,16,17). The van der Waals surface area contributed by atoms with Gasteiger partial charge in [0, 0.05) is 0 Å². The van der Waals surface area contributed by atoms with Gasteiger partial charge in [-0.3, -0.25) is 4.72 Å². The van der Waals surface area contributed by atoms with Crippen molar-refractivity contribution in [2.45, 2.75) is 18.6 Å². The number of aromatic nitrogens is 1. The molecule has 1 aromatic carbocycles. The van der Waals surface area contributed by atoms with E-state index >= 15 is 0 Å². The van der Waals surface area contributed by atoms with E-state index in [0.717, 1.165) is 11.3 Å². The van der Waals surface area contributed by atoms with Crippen LogP contribution in [0, 0.1) is 11.3 Å². The normalized spacial score (nSPS) is 12.8. The first-order valence-corrected chi connectivity index (χ1v) is 8.28. The van der Waals surface area contributed by atoms with Crippen LogP contribution in [0.3, 0.4) is 0 Å². The van der Waals surface area contributed by atoms with Crippen LogP contribution < -0.4 is 4.72 Å². The molecule has 1 aromatic heterocycles. The fraction of sp³-hybridized carbons (Fsp3) is 0.250. The molecule has 0 aliphatic heterocycles.